The molecule has 114 valence electrons. The number of methoxy groups -OCH3 is 1. The Morgan fingerprint density at radius 3 is 2.81 bits per heavy atom. The van der Waals surface area contributed by atoms with Crippen molar-refractivity contribution in [2.75, 3.05) is 13.7 Å². The molecule has 8 heteroatoms. The number of hydrogen-bond donors (Lipinski definition) is 2. The van der Waals surface area contributed by atoms with Crippen molar-refractivity contribution in [3.63, 3.8) is 0 Å². The highest BCUT2D eigenvalue weighted by Gasteiger charge is 2.31. The zero-order valence-corrected chi connectivity index (χ0v) is 12.3. The van der Waals surface area contributed by atoms with Crippen molar-refractivity contribution < 1.29 is 23.1 Å². The fourth-order valence-corrected chi connectivity index (χ4v) is 3.29. The van der Waals surface area contributed by atoms with E-state index in [2.05, 4.69) is 9.71 Å². The van der Waals surface area contributed by atoms with Crippen molar-refractivity contribution in [1.29, 1.82) is 0 Å². The molecule has 1 aromatic carbocycles. The van der Waals surface area contributed by atoms with Gasteiger partial charge in [0.2, 0.25) is 0 Å². The highest BCUT2D eigenvalue weighted by Crippen LogP contribution is 2.23. The van der Waals surface area contributed by atoms with Crippen molar-refractivity contribution in [3.8, 4) is 0 Å². The van der Waals surface area contributed by atoms with Crippen LogP contribution in [0.2, 0.25) is 0 Å². The number of carbonyl (C=O) groups is 1. The maximum atomic E-state index is 11.9. The molecule has 0 bridgehead atoms. The van der Waals surface area contributed by atoms with E-state index in [1.807, 2.05) is 0 Å². The van der Waals surface area contributed by atoms with Gasteiger partial charge in [-0.1, -0.05) is 12.1 Å². The number of nitrogens with zero attached hydrogens (tertiary/aromatic N) is 1. The molecule has 1 aliphatic heterocycles. The van der Waals surface area contributed by atoms with Gasteiger partial charge in [0.1, 0.15) is 11.9 Å². The molecule has 2 N–H and O–H groups in total. The van der Waals surface area contributed by atoms with Gasteiger partial charge in [0.25, 0.3) is 10.0 Å². The first-order chi connectivity index (χ1) is 9.95. The van der Waals surface area contributed by atoms with Crippen molar-refractivity contribution in [2.45, 2.75) is 23.8 Å². The minimum atomic E-state index is -3.65. The zero-order chi connectivity index (χ0) is 15.5. The summed E-state index contributed by atoms with van der Waals surface area (Å²) in [5.74, 6) is -1.02. The minimum Gasteiger partial charge on any atom is -0.480 e. The monoisotopic (exact) mass is 312 g/mol. The first kappa shape index (κ1) is 15.5. The van der Waals surface area contributed by atoms with Gasteiger partial charge in [0.05, 0.1) is 4.90 Å². The molecule has 1 unspecified atom stereocenters. The molecule has 0 radical (unpaired) electrons. The lowest BCUT2D eigenvalue weighted by Gasteiger charge is -2.08. The second kappa shape index (κ2) is 6.23. The summed E-state index contributed by atoms with van der Waals surface area (Å²) >= 11 is 0. The molecule has 1 aliphatic rings. The van der Waals surface area contributed by atoms with Crippen LogP contribution in [-0.4, -0.2) is 45.1 Å². The third-order valence-corrected chi connectivity index (χ3v) is 4.46. The minimum absolute atomic E-state index is 0.0791. The topological polar surface area (TPSA) is 105 Å². The number of ether oxygens (including phenoxy) is 1. The number of hydrogen-bond acceptors (Lipinski definition) is 5. The SMILES string of the molecule is COCCCC(N=C1NS(=O)(=O)c2ccccc21)C(=O)O. The number of rotatable bonds is 6. The Hall–Kier alpha value is -1.93. The van der Waals surface area contributed by atoms with Crippen LogP contribution in [-0.2, 0) is 19.6 Å². The van der Waals surface area contributed by atoms with Crippen LogP contribution in [0.3, 0.4) is 0 Å². The molecule has 1 aromatic rings. The van der Waals surface area contributed by atoms with E-state index in [1.165, 1.54) is 13.2 Å². The number of fused-ring (bicyclic) bond motifs is 1. The van der Waals surface area contributed by atoms with Gasteiger partial charge in [-0.05, 0) is 25.0 Å². The van der Waals surface area contributed by atoms with Gasteiger partial charge in [-0.15, -0.1) is 0 Å². The largest absolute Gasteiger partial charge is 0.480 e. The number of amidine groups is 1. The molecule has 0 saturated heterocycles. The fraction of sp³-hybridized carbons (Fsp3) is 0.385. The molecule has 0 spiro atoms. The van der Waals surface area contributed by atoms with Crippen LogP contribution in [0.25, 0.3) is 0 Å². The van der Waals surface area contributed by atoms with E-state index in [1.54, 1.807) is 18.2 Å². The van der Waals surface area contributed by atoms with Crippen molar-refractivity contribution >= 4 is 21.8 Å². The third kappa shape index (κ3) is 3.40. The summed E-state index contributed by atoms with van der Waals surface area (Å²) < 4.78 is 31.0. The van der Waals surface area contributed by atoms with E-state index < -0.39 is 22.0 Å². The molecule has 21 heavy (non-hydrogen) atoms. The van der Waals surface area contributed by atoms with Gasteiger partial charge in [0.15, 0.2) is 0 Å². The number of nitrogens with one attached hydrogen (secondary N) is 1. The molecule has 1 heterocycles. The summed E-state index contributed by atoms with van der Waals surface area (Å²) in [6, 6.07) is 5.33. The van der Waals surface area contributed by atoms with E-state index >= 15 is 0 Å². The molecule has 1 atom stereocenters. The second-order valence-corrected chi connectivity index (χ2v) is 6.22. The Bertz CT molecular complexity index is 669. The Morgan fingerprint density at radius 1 is 1.43 bits per heavy atom. The highest BCUT2D eigenvalue weighted by atomic mass is 32.2. The number of benzene rings is 1. The summed E-state index contributed by atoms with van der Waals surface area (Å²) in [6.45, 7) is 0.428. The van der Waals surface area contributed by atoms with Crippen LogP contribution in [0.1, 0.15) is 18.4 Å². The predicted molar refractivity (Wildman–Crippen MR) is 75.8 cm³/mol. The lowest BCUT2D eigenvalue weighted by atomic mass is 10.1. The lowest BCUT2D eigenvalue weighted by Crippen LogP contribution is -2.27. The van der Waals surface area contributed by atoms with Crippen molar-refractivity contribution in [2.24, 2.45) is 4.99 Å². The highest BCUT2D eigenvalue weighted by molar-refractivity contribution is 7.90. The average Bonchev–Trinajstić information content (AvgIpc) is 2.70. The maximum Gasteiger partial charge on any atom is 0.328 e. The van der Waals surface area contributed by atoms with Crippen LogP contribution in [0.5, 0.6) is 0 Å². The summed E-state index contributed by atoms with van der Waals surface area (Å²) in [4.78, 5) is 15.4. The molecule has 0 aliphatic carbocycles. The van der Waals surface area contributed by atoms with E-state index in [0.29, 0.717) is 18.6 Å². The second-order valence-electron chi connectivity index (χ2n) is 4.57. The standard InChI is InChI=1S/C13H16N2O5S/c1-20-8-4-6-10(13(16)17)14-12-9-5-2-3-7-11(9)21(18,19)15-12/h2-3,5,7,10H,4,6,8H2,1H3,(H,14,15)(H,16,17). The predicted octanol–water partition coefficient (Wildman–Crippen LogP) is 0.605. The molecule has 0 amide bonds. The maximum absolute atomic E-state index is 11.9. The number of aliphatic imine (C=N–C) groups is 1. The van der Waals surface area contributed by atoms with Gasteiger partial charge in [0, 0.05) is 19.3 Å². The van der Waals surface area contributed by atoms with Crippen LogP contribution in [0, 0.1) is 0 Å². The molecular weight excluding hydrogens is 296 g/mol. The summed E-state index contributed by atoms with van der Waals surface area (Å²) in [6.07, 6.45) is 0.801. The van der Waals surface area contributed by atoms with Crippen LogP contribution >= 0.6 is 0 Å². The first-order valence-electron chi connectivity index (χ1n) is 6.37. The Labute approximate surface area is 122 Å². The van der Waals surface area contributed by atoms with Gasteiger partial charge < -0.3 is 9.84 Å². The zero-order valence-electron chi connectivity index (χ0n) is 11.4. The van der Waals surface area contributed by atoms with Gasteiger partial charge in [-0.25, -0.2) is 13.2 Å². The molecular formula is C13H16N2O5S. The number of aliphatic carboxylic acids is 1. The average molecular weight is 312 g/mol. The van der Waals surface area contributed by atoms with E-state index in [-0.39, 0.29) is 17.2 Å². The number of sulfonamides is 1. The summed E-state index contributed by atoms with van der Waals surface area (Å²) in [5, 5.41) is 9.19. The Morgan fingerprint density at radius 2 is 2.14 bits per heavy atom. The summed E-state index contributed by atoms with van der Waals surface area (Å²) in [5.41, 5.74) is 0.399. The van der Waals surface area contributed by atoms with Crippen LogP contribution in [0.4, 0.5) is 0 Å². The number of carboxylic acids is 1. The molecule has 0 fully saturated rings. The van der Waals surface area contributed by atoms with Gasteiger partial charge >= 0.3 is 5.97 Å². The fourth-order valence-electron chi connectivity index (χ4n) is 2.05. The Balaban J connectivity index is 2.30. The smallest absolute Gasteiger partial charge is 0.328 e. The lowest BCUT2D eigenvalue weighted by molar-refractivity contribution is -0.138. The van der Waals surface area contributed by atoms with E-state index in [4.69, 9.17) is 4.74 Å². The molecule has 7 nitrogen and oxygen atoms in total. The normalized spacial score (nSPS) is 19.0. The number of carboxylic acid groups (broad SMARTS) is 1. The first-order valence-corrected chi connectivity index (χ1v) is 7.86. The Kier molecular flexibility index (Phi) is 4.59. The molecule has 2 rings (SSSR count). The third-order valence-electron chi connectivity index (χ3n) is 3.06. The van der Waals surface area contributed by atoms with Gasteiger partial charge in [-0.2, -0.15) is 0 Å². The van der Waals surface area contributed by atoms with Crippen LogP contribution < -0.4 is 4.72 Å². The summed E-state index contributed by atoms with van der Waals surface area (Å²) in [7, 11) is -2.12. The van der Waals surface area contributed by atoms with Crippen molar-refractivity contribution in [1.82, 2.24) is 4.72 Å². The van der Waals surface area contributed by atoms with Gasteiger partial charge in [-0.3, -0.25) is 9.71 Å². The van der Waals surface area contributed by atoms with E-state index in [9.17, 15) is 18.3 Å². The molecule has 0 saturated carbocycles. The van der Waals surface area contributed by atoms with Crippen LogP contribution in [0.15, 0.2) is 34.2 Å². The molecule has 0 aromatic heterocycles. The van der Waals surface area contributed by atoms with Crippen molar-refractivity contribution in [3.05, 3.63) is 29.8 Å². The quantitative estimate of drug-likeness (QED) is 0.749. The van der Waals surface area contributed by atoms with E-state index in [0.717, 1.165) is 0 Å².